The van der Waals surface area contributed by atoms with Gasteiger partial charge in [-0.15, -0.1) is 0 Å². The van der Waals surface area contributed by atoms with Crippen molar-refractivity contribution in [3.63, 3.8) is 0 Å². The SMILES string of the molecule is COCCN(CCOC)S(=O)(=O)N(C)CCCC1CC(c2cccc(F)c2)NN1. The van der Waals surface area contributed by atoms with Crippen molar-refractivity contribution in [3.05, 3.63) is 35.6 Å². The van der Waals surface area contributed by atoms with Gasteiger partial charge in [-0.25, -0.2) is 4.39 Å². The Hall–Kier alpha value is -1.14. The van der Waals surface area contributed by atoms with Crippen LogP contribution >= 0.6 is 0 Å². The number of halogens is 1. The van der Waals surface area contributed by atoms with Gasteiger partial charge >= 0.3 is 0 Å². The molecule has 1 aromatic rings. The first-order valence-electron chi connectivity index (χ1n) is 9.84. The first-order valence-corrected chi connectivity index (χ1v) is 11.2. The fourth-order valence-corrected chi connectivity index (χ4v) is 4.72. The summed E-state index contributed by atoms with van der Waals surface area (Å²) in [5.74, 6) is -0.244. The Labute approximate surface area is 173 Å². The molecule has 2 rings (SSSR count). The molecule has 0 bridgehead atoms. The van der Waals surface area contributed by atoms with Crippen LogP contribution in [0.3, 0.4) is 0 Å². The molecule has 2 unspecified atom stereocenters. The van der Waals surface area contributed by atoms with Crippen LogP contribution in [0.5, 0.6) is 0 Å². The molecule has 166 valence electrons. The van der Waals surface area contributed by atoms with E-state index in [0.717, 1.165) is 18.4 Å². The van der Waals surface area contributed by atoms with E-state index in [0.29, 0.717) is 26.2 Å². The molecule has 0 saturated carbocycles. The Morgan fingerprint density at radius 3 is 2.45 bits per heavy atom. The second-order valence-electron chi connectivity index (χ2n) is 7.19. The average molecular weight is 433 g/mol. The number of hydrazine groups is 1. The molecule has 1 saturated heterocycles. The Morgan fingerprint density at radius 2 is 1.83 bits per heavy atom. The maximum absolute atomic E-state index is 13.4. The Balaban J connectivity index is 1.81. The van der Waals surface area contributed by atoms with Gasteiger partial charge in [0.1, 0.15) is 5.82 Å². The molecule has 10 heteroatoms. The zero-order valence-corrected chi connectivity index (χ0v) is 18.3. The quantitative estimate of drug-likeness (QED) is 0.489. The van der Waals surface area contributed by atoms with Crippen molar-refractivity contribution in [2.75, 3.05) is 54.1 Å². The van der Waals surface area contributed by atoms with Gasteiger partial charge in [0.15, 0.2) is 0 Å². The van der Waals surface area contributed by atoms with Gasteiger partial charge in [-0.1, -0.05) is 12.1 Å². The molecule has 2 N–H and O–H groups in total. The van der Waals surface area contributed by atoms with Crippen LogP contribution in [0.1, 0.15) is 30.9 Å². The van der Waals surface area contributed by atoms with Crippen LogP contribution in [0.4, 0.5) is 4.39 Å². The van der Waals surface area contributed by atoms with Crippen LogP contribution in [0.2, 0.25) is 0 Å². The second kappa shape index (κ2) is 11.9. The monoisotopic (exact) mass is 432 g/mol. The number of benzene rings is 1. The minimum absolute atomic E-state index is 0.0516. The van der Waals surface area contributed by atoms with Crippen LogP contribution in [0.15, 0.2) is 24.3 Å². The number of nitrogens with one attached hydrogen (secondary N) is 2. The minimum Gasteiger partial charge on any atom is -0.383 e. The molecule has 8 nitrogen and oxygen atoms in total. The first kappa shape index (κ1) is 24.1. The highest BCUT2D eigenvalue weighted by molar-refractivity contribution is 7.86. The molecule has 0 radical (unpaired) electrons. The van der Waals surface area contributed by atoms with Gasteiger partial charge in [-0.2, -0.15) is 17.0 Å². The Bertz CT molecular complexity index is 714. The number of ether oxygens (including phenoxy) is 2. The summed E-state index contributed by atoms with van der Waals surface area (Å²) in [6, 6.07) is 6.84. The molecule has 1 heterocycles. The van der Waals surface area contributed by atoms with Crippen LogP contribution in [0.25, 0.3) is 0 Å². The van der Waals surface area contributed by atoms with Crippen molar-refractivity contribution >= 4 is 10.2 Å². The number of hydrogen-bond donors (Lipinski definition) is 2. The zero-order valence-electron chi connectivity index (χ0n) is 17.4. The Morgan fingerprint density at radius 1 is 1.14 bits per heavy atom. The molecule has 1 aliphatic heterocycles. The normalized spacial score (nSPS) is 20.1. The summed E-state index contributed by atoms with van der Waals surface area (Å²) in [7, 11) is 1.12. The van der Waals surface area contributed by atoms with E-state index < -0.39 is 10.2 Å². The van der Waals surface area contributed by atoms with Gasteiger partial charge < -0.3 is 9.47 Å². The Kier molecular flexibility index (Phi) is 9.90. The lowest BCUT2D eigenvalue weighted by Gasteiger charge is -2.27. The number of rotatable bonds is 13. The molecular weight excluding hydrogens is 399 g/mol. The lowest BCUT2D eigenvalue weighted by Crippen LogP contribution is -2.45. The topological polar surface area (TPSA) is 83.1 Å². The van der Waals surface area contributed by atoms with Crippen molar-refractivity contribution < 1.29 is 22.3 Å². The first-order chi connectivity index (χ1) is 13.9. The highest BCUT2D eigenvalue weighted by Crippen LogP contribution is 2.24. The van der Waals surface area contributed by atoms with Gasteiger partial charge in [0.05, 0.1) is 13.2 Å². The summed E-state index contributed by atoms with van der Waals surface area (Å²) in [4.78, 5) is 0. The van der Waals surface area contributed by atoms with Gasteiger partial charge in [0, 0.05) is 53.0 Å². The molecule has 0 aromatic heterocycles. The summed E-state index contributed by atoms with van der Waals surface area (Å²) in [6.07, 6.45) is 2.36. The maximum atomic E-state index is 13.4. The van der Waals surface area contributed by atoms with E-state index in [2.05, 4.69) is 10.9 Å². The molecule has 1 aromatic carbocycles. The third-order valence-corrected chi connectivity index (χ3v) is 7.06. The molecule has 0 aliphatic carbocycles. The lowest BCUT2D eigenvalue weighted by molar-refractivity contribution is 0.147. The van der Waals surface area contributed by atoms with Gasteiger partial charge in [-0.05, 0) is 37.0 Å². The number of hydrogen-bond acceptors (Lipinski definition) is 6. The summed E-state index contributed by atoms with van der Waals surface area (Å²) in [6.45, 7) is 1.65. The lowest BCUT2D eigenvalue weighted by atomic mass is 10.00. The molecular formula is C19H33FN4O4S. The van der Waals surface area contributed by atoms with E-state index in [-0.39, 0.29) is 31.0 Å². The summed E-state index contributed by atoms with van der Waals surface area (Å²) >= 11 is 0. The molecule has 29 heavy (non-hydrogen) atoms. The minimum atomic E-state index is -3.57. The van der Waals surface area contributed by atoms with Crippen molar-refractivity contribution in [1.29, 1.82) is 0 Å². The zero-order chi connectivity index (χ0) is 21.3. The van der Waals surface area contributed by atoms with Gasteiger partial charge in [-0.3, -0.25) is 10.9 Å². The van der Waals surface area contributed by atoms with E-state index in [1.807, 2.05) is 6.07 Å². The van der Waals surface area contributed by atoms with E-state index in [4.69, 9.17) is 9.47 Å². The average Bonchev–Trinajstić information content (AvgIpc) is 3.16. The largest absolute Gasteiger partial charge is 0.383 e. The maximum Gasteiger partial charge on any atom is 0.281 e. The molecule has 1 aliphatic rings. The highest BCUT2D eigenvalue weighted by Gasteiger charge is 2.28. The summed E-state index contributed by atoms with van der Waals surface area (Å²) in [5, 5.41) is 0. The van der Waals surface area contributed by atoms with Crippen molar-refractivity contribution in [2.45, 2.75) is 31.3 Å². The van der Waals surface area contributed by atoms with Crippen molar-refractivity contribution in [2.24, 2.45) is 0 Å². The predicted molar refractivity (Wildman–Crippen MR) is 110 cm³/mol. The third-order valence-electron chi connectivity index (χ3n) is 5.07. The van der Waals surface area contributed by atoms with Crippen LogP contribution in [-0.4, -0.2) is 77.2 Å². The molecule has 2 atom stereocenters. The smallest absolute Gasteiger partial charge is 0.281 e. The highest BCUT2D eigenvalue weighted by atomic mass is 32.2. The number of nitrogens with zero attached hydrogens (tertiary/aromatic N) is 2. The fourth-order valence-electron chi connectivity index (χ4n) is 3.36. The molecule has 1 fully saturated rings. The van der Waals surface area contributed by atoms with Crippen molar-refractivity contribution in [3.8, 4) is 0 Å². The summed E-state index contributed by atoms with van der Waals surface area (Å²) in [5.41, 5.74) is 7.34. The fraction of sp³-hybridized carbons (Fsp3) is 0.684. The molecule has 0 spiro atoms. The number of methoxy groups -OCH3 is 2. The summed E-state index contributed by atoms with van der Waals surface area (Å²) < 4.78 is 51.9. The van der Waals surface area contributed by atoms with E-state index in [9.17, 15) is 12.8 Å². The van der Waals surface area contributed by atoms with Crippen LogP contribution in [0, 0.1) is 5.82 Å². The predicted octanol–water partition coefficient (Wildman–Crippen LogP) is 1.28. The van der Waals surface area contributed by atoms with E-state index in [1.165, 1.54) is 20.7 Å². The molecule has 0 amide bonds. The van der Waals surface area contributed by atoms with Crippen molar-refractivity contribution in [1.82, 2.24) is 19.5 Å². The van der Waals surface area contributed by atoms with Gasteiger partial charge in [0.25, 0.3) is 10.2 Å². The van der Waals surface area contributed by atoms with E-state index in [1.54, 1.807) is 27.3 Å². The third kappa shape index (κ3) is 7.25. The van der Waals surface area contributed by atoms with Gasteiger partial charge in [0.2, 0.25) is 0 Å². The standard InChI is InChI=1S/C19H33FN4O4S/c1-23(29(25,26)24(10-12-27-2)11-13-28-3)9-5-8-18-15-19(22-21-18)16-6-4-7-17(20)14-16/h4,6-7,14,18-19,21-22H,5,8-13,15H2,1-3H3. The second-order valence-corrected chi connectivity index (χ2v) is 9.22. The van der Waals surface area contributed by atoms with Crippen LogP contribution < -0.4 is 10.9 Å². The van der Waals surface area contributed by atoms with Crippen LogP contribution in [-0.2, 0) is 19.7 Å². The van der Waals surface area contributed by atoms with E-state index >= 15 is 0 Å².